The highest BCUT2D eigenvalue weighted by atomic mass is 16.5. The minimum atomic E-state index is -0.346. The summed E-state index contributed by atoms with van der Waals surface area (Å²) in [5, 5.41) is 12.1. The summed E-state index contributed by atoms with van der Waals surface area (Å²) in [7, 11) is 0. The van der Waals surface area contributed by atoms with Gasteiger partial charge in [0.05, 0.1) is 18.5 Å². The molecule has 2 aromatic heterocycles. The van der Waals surface area contributed by atoms with Gasteiger partial charge in [0.1, 0.15) is 5.56 Å². The monoisotopic (exact) mass is 260 g/mol. The zero-order valence-corrected chi connectivity index (χ0v) is 11.0. The van der Waals surface area contributed by atoms with Crippen molar-refractivity contribution in [2.45, 2.75) is 26.7 Å². The van der Waals surface area contributed by atoms with Crippen LogP contribution in [0.25, 0.3) is 5.82 Å². The molecule has 2 aromatic rings. The van der Waals surface area contributed by atoms with Crippen molar-refractivity contribution in [1.29, 1.82) is 0 Å². The van der Waals surface area contributed by atoms with E-state index in [0.717, 1.165) is 18.5 Å². The fourth-order valence-corrected chi connectivity index (χ4v) is 1.83. The van der Waals surface area contributed by atoms with Gasteiger partial charge in [-0.05, 0) is 25.5 Å². The maximum absolute atomic E-state index is 11.9. The van der Waals surface area contributed by atoms with E-state index in [0.29, 0.717) is 18.0 Å². The van der Waals surface area contributed by atoms with Gasteiger partial charge in [0.25, 0.3) is 0 Å². The molecule has 0 unspecified atom stereocenters. The average Bonchev–Trinajstić information content (AvgIpc) is 2.84. The standard InChI is InChI=1S/C13H16N4O2/c1-3-6-11-10(13(18)19-4-2)9-15-17(11)12-7-5-8-14-16-12/h5,7-9H,3-4,6H2,1-2H3. The highest BCUT2D eigenvalue weighted by molar-refractivity contribution is 5.90. The molecule has 6 nitrogen and oxygen atoms in total. The molecule has 0 fully saturated rings. The van der Waals surface area contributed by atoms with Crippen LogP contribution in [0.15, 0.2) is 24.5 Å². The van der Waals surface area contributed by atoms with E-state index in [1.165, 1.54) is 6.20 Å². The highest BCUT2D eigenvalue weighted by Crippen LogP contribution is 2.16. The van der Waals surface area contributed by atoms with Crippen molar-refractivity contribution in [3.05, 3.63) is 35.8 Å². The van der Waals surface area contributed by atoms with Crippen LogP contribution in [0.4, 0.5) is 0 Å². The van der Waals surface area contributed by atoms with Crippen LogP contribution in [-0.4, -0.2) is 32.6 Å². The molecule has 0 aliphatic rings. The van der Waals surface area contributed by atoms with Crippen molar-refractivity contribution >= 4 is 5.97 Å². The first-order chi connectivity index (χ1) is 9.27. The van der Waals surface area contributed by atoms with Gasteiger partial charge in [-0.2, -0.15) is 10.2 Å². The summed E-state index contributed by atoms with van der Waals surface area (Å²) < 4.78 is 6.68. The Morgan fingerprint density at radius 3 is 2.89 bits per heavy atom. The summed E-state index contributed by atoms with van der Waals surface area (Å²) in [6.07, 6.45) is 4.75. The molecular formula is C13H16N4O2. The zero-order chi connectivity index (χ0) is 13.7. The highest BCUT2D eigenvalue weighted by Gasteiger charge is 2.19. The smallest absolute Gasteiger partial charge is 0.341 e. The summed E-state index contributed by atoms with van der Waals surface area (Å²) in [5.74, 6) is 0.252. The molecule has 100 valence electrons. The summed E-state index contributed by atoms with van der Waals surface area (Å²) in [6.45, 7) is 4.17. The van der Waals surface area contributed by atoms with Crippen LogP contribution in [0, 0.1) is 0 Å². The van der Waals surface area contributed by atoms with Gasteiger partial charge in [-0.1, -0.05) is 13.3 Å². The minimum Gasteiger partial charge on any atom is -0.462 e. The van der Waals surface area contributed by atoms with E-state index in [4.69, 9.17) is 4.74 Å². The van der Waals surface area contributed by atoms with Gasteiger partial charge in [-0.25, -0.2) is 9.48 Å². The SMILES string of the molecule is CCCc1c(C(=O)OCC)cnn1-c1cccnn1. The third kappa shape index (κ3) is 2.78. The summed E-state index contributed by atoms with van der Waals surface area (Å²) in [5.41, 5.74) is 1.30. The molecule has 0 bridgehead atoms. The molecular weight excluding hydrogens is 244 g/mol. The molecule has 2 rings (SSSR count). The summed E-state index contributed by atoms with van der Waals surface area (Å²) >= 11 is 0. The Labute approximate surface area is 111 Å². The molecule has 0 spiro atoms. The fraction of sp³-hybridized carbons (Fsp3) is 0.385. The molecule has 2 heterocycles. The van der Waals surface area contributed by atoms with E-state index >= 15 is 0 Å². The van der Waals surface area contributed by atoms with Gasteiger partial charge in [0.2, 0.25) is 0 Å². The van der Waals surface area contributed by atoms with E-state index in [1.54, 1.807) is 29.9 Å². The normalized spacial score (nSPS) is 10.4. The van der Waals surface area contributed by atoms with Gasteiger partial charge in [-0.15, -0.1) is 5.10 Å². The molecule has 0 saturated carbocycles. The van der Waals surface area contributed by atoms with Crippen molar-refractivity contribution in [3.8, 4) is 5.82 Å². The van der Waals surface area contributed by atoms with Crippen LogP contribution < -0.4 is 0 Å². The first-order valence-corrected chi connectivity index (χ1v) is 6.30. The van der Waals surface area contributed by atoms with E-state index < -0.39 is 0 Å². The van der Waals surface area contributed by atoms with E-state index in [1.807, 2.05) is 6.92 Å². The molecule has 0 aromatic carbocycles. The van der Waals surface area contributed by atoms with E-state index in [9.17, 15) is 4.79 Å². The van der Waals surface area contributed by atoms with Crippen molar-refractivity contribution in [3.63, 3.8) is 0 Å². The number of hydrogen-bond acceptors (Lipinski definition) is 5. The molecule has 0 aliphatic carbocycles. The third-order valence-electron chi connectivity index (χ3n) is 2.63. The van der Waals surface area contributed by atoms with Gasteiger partial charge in [0, 0.05) is 6.20 Å². The molecule has 19 heavy (non-hydrogen) atoms. The van der Waals surface area contributed by atoms with Crippen molar-refractivity contribution < 1.29 is 9.53 Å². The second kappa shape index (κ2) is 6.08. The number of ether oxygens (including phenoxy) is 1. The Kier molecular flexibility index (Phi) is 4.22. The number of aromatic nitrogens is 4. The van der Waals surface area contributed by atoms with Crippen LogP contribution in [0.1, 0.15) is 36.3 Å². The number of carbonyl (C=O) groups excluding carboxylic acids is 1. The predicted molar refractivity (Wildman–Crippen MR) is 69.1 cm³/mol. The second-order valence-electron chi connectivity index (χ2n) is 3.97. The lowest BCUT2D eigenvalue weighted by atomic mass is 10.1. The predicted octanol–water partition coefficient (Wildman–Crippen LogP) is 1.79. The Morgan fingerprint density at radius 2 is 2.26 bits per heavy atom. The lowest BCUT2D eigenvalue weighted by Gasteiger charge is -2.07. The molecule has 0 atom stereocenters. The van der Waals surface area contributed by atoms with Gasteiger partial charge >= 0.3 is 5.97 Å². The molecule has 0 saturated heterocycles. The van der Waals surface area contributed by atoms with Crippen LogP contribution >= 0.6 is 0 Å². The zero-order valence-electron chi connectivity index (χ0n) is 11.0. The number of carbonyl (C=O) groups is 1. The van der Waals surface area contributed by atoms with Gasteiger partial charge in [-0.3, -0.25) is 0 Å². The third-order valence-corrected chi connectivity index (χ3v) is 2.63. The lowest BCUT2D eigenvalue weighted by molar-refractivity contribution is 0.0525. The Balaban J connectivity index is 2.43. The van der Waals surface area contributed by atoms with E-state index in [2.05, 4.69) is 15.3 Å². The maximum Gasteiger partial charge on any atom is 0.341 e. The summed E-state index contributed by atoms with van der Waals surface area (Å²) in [6, 6.07) is 3.58. The number of rotatable bonds is 5. The Bertz CT molecular complexity index is 551. The van der Waals surface area contributed by atoms with Gasteiger partial charge in [0.15, 0.2) is 5.82 Å². The number of esters is 1. The van der Waals surface area contributed by atoms with Crippen LogP contribution in [0.3, 0.4) is 0 Å². The van der Waals surface area contributed by atoms with Crippen molar-refractivity contribution in [2.75, 3.05) is 6.61 Å². The first-order valence-electron chi connectivity index (χ1n) is 6.30. The fourth-order valence-electron chi connectivity index (χ4n) is 1.83. The average molecular weight is 260 g/mol. The quantitative estimate of drug-likeness (QED) is 0.766. The number of hydrogen-bond donors (Lipinski definition) is 0. The minimum absolute atomic E-state index is 0.346. The Hall–Kier alpha value is -2.24. The summed E-state index contributed by atoms with van der Waals surface area (Å²) in [4.78, 5) is 11.9. The van der Waals surface area contributed by atoms with Gasteiger partial charge < -0.3 is 4.74 Å². The largest absolute Gasteiger partial charge is 0.462 e. The second-order valence-corrected chi connectivity index (χ2v) is 3.97. The number of nitrogens with zero attached hydrogens (tertiary/aromatic N) is 4. The van der Waals surface area contributed by atoms with Crippen LogP contribution in [0.5, 0.6) is 0 Å². The van der Waals surface area contributed by atoms with Crippen molar-refractivity contribution in [1.82, 2.24) is 20.0 Å². The molecule has 0 radical (unpaired) electrons. The Morgan fingerprint density at radius 1 is 1.42 bits per heavy atom. The van der Waals surface area contributed by atoms with Crippen LogP contribution in [0.2, 0.25) is 0 Å². The maximum atomic E-state index is 11.9. The molecule has 6 heteroatoms. The topological polar surface area (TPSA) is 69.9 Å². The van der Waals surface area contributed by atoms with Crippen LogP contribution in [-0.2, 0) is 11.2 Å². The van der Waals surface area contributed by atoms with E-state index in [-0.39, 0.29) is 5.97 Å². The van der Waals surface area contributed by atoms with Crippen molar-refractivity contribution in [2.24, 2.45) is 0 Å². The lowest BCUT2D eigenvalue weighted by Crippen LogP contribution is -2.10. The molecule has 0 N–H and O–H groups in total. The molecule has 0 aliphatic heterocycles. The first kappa shape index (κ1) is 13.2. The molecule has 0 amide bonds.